The zero-order valence-corrected chi connectivity index (χ0v) is 15.4. The van der Waals surface area contributed by atoms with E-state index in [1.165, 1.54) is 0 Å². The third kappa shape index (κ3) is 4.93. The van der Waals surface area contributed by atoms with Gasteiger partial charge in [0.1, 0.15) is 4.75 Å². The van der Waals surface area contributed by atoms with Crippen LogP contribution in [0.1, 0.15) is 45.7 Å². The number of hydrogen-bond donors (Lipinski definition) is 1. The minimum absolute atomic E-state index is 0.107. The van der Waals surface area contributed by atoms with Crippen molar-refractivity contribution in [1.82, 2.24) is 9.71 Å². The molecule has 24 heavy (non-hydrogen) atoms. The molecule has 0 saturated heterocycles. The monoisotopic (exact) mass is 348 g/mol. The third-order valence-electron chi connectivity index (χ3n) is 3.50. The maximum Gasteiger partial charge on any atom is 0.307 e. The van der Waals surface area contributed by atoms with Crippen molar-refractivity contribution in [3.05, 3.63) is 42.1 Å². The van der Waals surface area contributed by atoms with Crippen molar-refractivity contribution in [2.75, 3.05) is 6.61 Å². The number of carbonyl (C=O) groups excluding carboxylic acids is 1. The molecular weight excluding hydrogens is 324 g/mol. The molecule has 130 valence electrons. The zero-order valence-electron chi connectivity index (χ0n) is 14.5. The van der Waals surface area contributed by atoms with Crippen molar-refractivity contribution in [2.45, 2.75) is 44.9 Å². The number of fused-ring (bicyclic) bond motifs is 1. The van der Waals surface area contributed by atoms with Gasteiger partial charge in [0, 0.05) is 22.9 Å². The fraction of sp³-hybridized carbons (Fsp3) is 0.444. The number of aromatic nitrogens is 1. The van der Waals surface area contributed by atoms with E-state index in [1.807, 2.05) is 51.1 Å². The summed E-state index contributed by atoms with van der Waals surface area (Å²) in [6, 6.07) is 9.32. The van der Waals surface area contributed by atoms with E-state index < -0.39 is 22.2 Å². The van der Waals surface area contributed by atoms with Crippen LogP contribution in [0.2, 0.25) is 0 Å². The molecule has 0 saturated carbocycles. The summed E-state index contributed by atoms with van der Waals surface area (Å²) in [7, 11) is 0. The second-order valence-corrected chi connectivity index (χ2v) is 8.52. The van der Waals surface area contributed by atoms with Crippen LogP contribution < -0.4 is 4.72 Å². The van der Waals surface area contributed by atoms with Gasteiger partial charge in [-0.2, -0.15) is 0 Å². The molecular formula is C18H24N2O3S. The highest BCUT2D eigenvalue weighted by Gasteiger charge is 2.31. The predicted octanol–water partition coefficient (Wildman–Crippen LogP) is 3.28. The Morgan fingerprint density at radius 2 is 2.08 bits per heavy atom. The van der Waals surface area contributed by atoms with E-state index in [2.05, 4.69) is 9.71 Å². The normalized spacial score (nSPS) is 14.4. The SMILES string of the molecule is CCOC(=O)CC(N[S+]([O-])C(C)(C)C)c1cnc2ccccc2c1. The Kier molecular flexibility index (Phi) is 6.21. The summed E-state index contributed by atoms with van der Waals surface area (Å²) in [6.45, 7) is 7.75. The topological polar surface area (TPSA) is 74.3 Å². The van der Waals surface area contributed by atoms with Gasteiger partial charge in [-0.3, -0.25) is 9.78 Å². The number of ether oxygens (including phenoxy) is 1. The van der Waals surface area contributed by atoms with Gasteiger partial charge >= 0.3 is 5.97 Å². The lowest BCUT2D eigenvalue weighted by molar-refractivity contribution is -0.143. The van der Waals surface area contributed by atoms with E-state index in [4.69, 9.17) is 4.74 Å². The van der Waals surface area contributed by atoms with Crippen LogP contribution in [0.25, 0.3) is 10.9 Å². The van der Waals surface area contributed by atoms with E-state index in [1.54, 1.807) is 13.1 Å². The Balaban J connectivity index is 2.30. The first kappa shape index (κ1) is 18.7. The van der Waals surface area contributed by atoms with Crippen LogP contribution in [0, 0.1) is 0 Å². The van der Waals surface area contributed by atoms with Crippen molar-refractivity contribution in [2.24, 2.45) is 0 Å². The number of rotatable bonds is 6. The first-order chi connectivity index (χ1) is 11.3. The molecule has 1 aromatic heterocycles. The Labute approximate surface area is 146 Å². The summed E-state index contributed by atoms with van der Waals surface area (Å²) >= 11 is -1.31. The van der Waals surface area contributed by atoms with Gasteiger partial charge in [0.15, 0.2) is 0 Å². The summed E-state index contributed by atoms with van der Waals surface area (Å²) in [4.78, 5) is 16.4. The standard InChI is InChI=1S/C18H24N2O3S/c1-5-23-17(21)11-16(20-24(22)18(2,3)4)14-10-13-8-6-7-9-15(13)19-12-14/h6-10,12,16,20H,5,11H2,1-4H3. The van der Waals surface area contributed by atoms with Crippen molar-refractivity contribution in [1.29, 1.82) is 0 Å². The molecule has 5 nitrogen and oxygen atoms in total. The van der Waals surface area contributed by atoms with Gasteiger partial charge in [-0.15, -0.1) is 4.72 Å². The van der Waals surface area contributed by atoms with Crippen molar-refractivity contribution in [3.8, 4) is 0 Å². The Morgan fingerprint density at radius 3 is 2.75 bits per heavy atom. The summed E-state index contributed by atoms with van der Waals surface area (Å²) in [5.41, 5.74) is 1.70. The first-order valence-electron chi connectivity index (χ1n) is 7.99. The lowest BCUT2D eigenvalue weighted by atomic mass is 10.0. The minimum atomic E-state index is -1.31. The molecule has 0 radical (unpaired) electrons. The molecule has 1 heterocycles. The molecule has 2 aromatic rings. The van der Waals surface area contributed by atoms with Crippen molar-refractivity contribution >= 4 is 28.2 Å². The average Bonchev–Trinajstić information content (AvgIpc) is 2.53. The summed E-state index contributed by atoms with van der Waals surface area (Å²) in [6.07, 6.45) is 1.83. The molecule has 1 N–H and O–H groups in total. The van der Waals surface area contributed by atoms with Crippen LogP contribution in [0.4, 0.5) is 0 Å². The molecule has 0 aliphatic carbocycles. The lowest BCUT2D eigenvalue weighted by Crippen LogP contribution is -2.42. The number of para-hydroxylation sites is 1. The van der Waals surface area contributed by atoms with Gasteiger partial charge < -0.3 is 9.29 Å². The quantitative estimate of drug-likeness (QED) is 0.640. The van der Waals surface area contributed by atoms with Gasteiger partial charge in [-0.05, 0) is 45.4 Å². The van der Waals surface area contributed by atoms with Gasteiger partial charge in [0.25, 0.3) is 0 Å². The maximum absolute atomic E-state index is 12.5. The Bertz CT molecular complexity index is 700. The summed E-state index contributed by atoms with van der Waals surface area (Å²) < 4.78 is 20.2. The number of pyridine rings is 1. The highest BCUT2D eigenvalue weighted by Crippen LogP contribution is 2.25. The van der Waals surface area contributed by atoms with Gasteiger partial charge in [0.05, 0.1) is 24.6 Å². The summed E-state index contributed by atoms with van der Waals surface area (Å²) in [5.74, 6) is -0.325. The predicted molar refractivity (Wildman–Crippen MR) is 96.8 cm³/mol. The second kappa shape index (κ2) is 7.96. The van der Waals surface area contributed by atoms with E-state index in [0.717, 1.165) is 16.5 Å². The molecule has 0 aliphatic heterocycles. The molecule has 2 rings (SSSR count). The van der Waals surface area contributed by atoms with E-state index >= 15 is 0 Å². The number of hydrogen-bond acceptors (Lipinski definition) is 5. The third-order valence-corrected chi connectivity index (χ3v) is 5.11. The fourth-order valence-electron chi connectivity index (χ4n) is 2.20. The minimum Gasteiger partial charge on any atom is -0.598 e. The smallest absolute Gasteiger partial charge is 0.307 e. The molecule has 2 unspecified atom stereocenters. The number of carbonyl (C=O) groups is 1. The first-order valence-corrected chi connectivity index (χ1v) is 9.14. The van der Waals surface area contributed by atoms with Gasteiger partial charge in [-0.25, -0.2) is 0 Å². The van der Waals surface area contributed by atoms with Crippen LogP contribution in [0.3, 0.4) is 0 Å². The van der Waals surface area contributed by atoms with E-state index in [9.17, 15) is 9.35 Å². The highest BCUT2D eigenvalue weighted by molar-refractivity contribution is 7.90. The van der Waals surface area contributed by atoms with E-state index in [-0.39, 0.29) is 12.4 Å². The molecule has 0 bridgehead atoms. The lowest BCUT2D eigenvalue weighted by Gasteiger charge is -2.27. The number of esters is 1. The second-order valence-electron chi connectivity index (χ2n) is 6.52. The molecule has 0 amide bonds. The number of nitrogens with one attached hydrogen (secondary N) is 1. The molecule has 6 heteroatoms. The van der Waals surface area contributed by atoms with Crippen LogP contribution in [-0.2, 0) is 20.9 Å². The van der Waals surface area contributed by atoms with Crippen LogP contribution in [0.15, 0.2) is 36.5 Å². The van der Waals surface area contributed by atoms with Crippen LogP contribution >= 0.6 is 0 Å². The number of benzene rings is 1. The van der Waals surface area contributed by atoms with Crippen molar-refractivity contribution < 1.29 is 14.1 Å². The Hall–Kier alpha value is -1.63. The fourth-order valence-corrected chi connectivity index (χ4v) is 3.03. The average molecular weight is 348 g/mol. The van der Waals surface area contributed by atoms with Crippen molar-refractivity contribution in [3.63, 3.8) is 0 Å². The molecule has 0 spiro atoms. The number of nitrogens with zero attached hydrogens (tertiary/aromatic N) is 1. The van der Waals surface area contributed by atoms with Crippen LogP contribution in [-0.4, -0.2) is 26.9 Å². The maximum atomic E-state index is 12.5. The van der Waals surface area contributed by atoms with Crippen LogP contribution in [0.5, 0.6) is 0 Å². The van der Waals surface area contributed by atoms with E-state index in [0.29, 0.717) is 6.61 Å². The molecule has 1 aromatic carbocycles. The molecule has 0 fully saturated rings. The van der Waals surface area contributed by atoms with Gasteiger partial charge in [-0.1, -0.05) is 18.2 Å². The Morgan fingerprint density at radius 1 is 1.38 bits per heavy atom. The van der Waals surface area contributed by atoms with Gasteiger partial charge in [0.2, 0.25) is 0 Å². The highest BCUT2D eigenvalue weighted by atomic mass is 32.2. The summed E-state index contributed by atoms with van der Waals surface area (Å²) in [5, 5.41) is 0.979. The zero-order chi connectivity index (χ0) is 17.7. The molecule has 2 atom stereocenters. The largest absolute Gasteiger partial charge is 0.598 e. The molecule has 0 aliphatic rings.